The molecule has 0 aromatic heterocycles. The molecule has 2 rings (SSSR count). The summed E-state index contributed by atoms with van der Waals surface area (Å²) in [4.78, 5) is 2.49. The minimum atomic E-state index is -0.288. The highest BCUT2D eigenvalue weighted by Crippen LogP contribution is 2.33. The maximum atomic E-state index is 9.28. The van der Waals surface area contributed by atoms with Gasteiger partial charge in [-0.2, -0.15) is 5.26 Å². The van der Waals surface area contributed by atoms with E-state index in [1.807, 2.05) is 7.05 Å². The Morgan fingerprint density at radius 1 is 1.29 bits per heavy atom. The highest BCUT2D eigenvalue weighted by atomic mass is 16.5. The Hall–Kier alpha value is -0.630. The third-order valence-electron chi connectivity index (χ3n) is 4.52. The lowest BCUT2D eigenvalue weighted by Gasteiger charge is -2.36. The standard InChI is InChI=1S/C13H23N3O/c1-15-13(10-14)6-3-12(9-13)16(2)11-4-7-17-8-5-11/h11-12,15H,3-9H2,1-2H3. The van der Waals surface area contributed by atoms with Gasteiger partial charge in [0.05, 0.1) is 6.07 Å². The van der Waals surface area contributed by atoms with Crippen molar-refractivity contribution in [3.63, 3.8) is 0 Å². The second-order valence-corrected chi connectivity index (χ2v) is 5.35. The molecule has 17 heavy (non-hydrogen) atoms. The molecular formula is C13H23N3O. The quantitative estimate of drug-likeness (QED) is 0.799. The van der Waals surface area contributed by atoms with Crippen LogP contribution in [0.3, 0.4) is 0 Å². The zero-order valence-electron chi connectivity index (χ0n) is 10.9. The molecule has 1 N–H and O–H groups in total. The maximum absolute atomic E-state index is 9.28. The first-order valence-electron chi connectivity index (χ1n) is 6.60. The van der Waals surface area contributed by atoms with E-state index in [0.29, 0.717) is 12.1 Å². The van der Waals surface area contributed by atoms with Gasteiger partial charge in [0.1, 0.15) is 5.54 Å². The predicted octanol–water partition coefficient (Wildman–Crippen LogP) is 1.13. The van der Waals surface area contributed by atoms with Gasteiger partial charge in [0, 0.05) is 25.3 Å². The minimum Gasteiger partial charge on any atom is -0.381 e. The second kappa shape index (κ2) is 5.34. The van der Waals surface area contributed by atoms with Crippen LogP contribution in [0.25, 0.3) is 0 Å². The van der Waals surface area contributed by atoms with Gasteiger partial charge in [-0.25, -0.2) is 0 Å². The van der Waals surface area contributed by atoms with Crippen molar-refractivity contribution in [2.75, 3.05) is 27.3 Å². The van der Waals surface area contributed by atoms with E-state index >= 15 is 0 Å². The highest BCUT2D eigenvalue weighted by molar-refractivity contribution is 5.13. The zero-order valence-corrected chi connectivity index (χ0v) is 10.9. The zero-order chi connectivity index (χ0) is 12.3. The van der Waals surface area contributed by atoms with E-state index in [-0.39, 0.29) is 5.54 Å². The van der Waals surface area contributed by atoms with Gasteiger partial charge in [0.2, 0.25) is 0 Å². The Morgan fingerprint density at radius 2 is 2.00 bits per heavy atom. The number of rotatable bonds is 3. The average molecular weight is 237 g/mol. The predicted molar refractivity (Wildman–Crippen MR) is 66.6 cm³/mol. The number of hydrogen-bond acceptors (Lipinski definition) is 4. The Bertz CT molecular complexity index is 296. The summed E-state index contributed by atoms with van der Waals surface area (Å²) in [6, 6.07) is 3.64. The lowest BCUT2D eigenvalue weighted by molar-refractivity contribution is 0.0287. The number of nitriles is 1. The first kappa shape index (κ1) is 12.8. The van der Waals surface area contributed by atoms with Gasteiger partial charge in [-0.15, -0.1) is 0 Å². The van der Waals surface area contributed by atoms with Crippen molar-refractivity contribution in [1.82, 2.24) is 10.2 Å². The number of nitrogens with zero attached hydrogens (tertiary/aromatic N) is 2. The largest absolute Gasteiger partial charge is 0.381 e. The van der Waals surface area contributed by atoms with Gasteiger partial charge < -0.3 is 15.0 Å². The van der Waals surface area contributed by atoms with Gasteiger partial charge in [-0.3, -0.25) is 0 Å². The van der Waals surface area contributed by atoms with Crippen LogP contribution >= 0.6 is 0 Å². The second-order valence-electron chi connectivity index (χ2n) is 5.35. The Kier molecular flexibility index (Phi) is 4.03. The molecule has 2 atom stereocenters. The molecule has 1 aliphatic heterocycles. The summed E-state index contributed by atoms with van der Waals surface area (Å²) >= 11 is 0. The molecule has 4 nitrogen and oxygen atoms in total. The van der Waals surface area contributed by atoms with Gasteiger partial charge in [0.15, 0.2) is 0 Å². The topological polar surface area (TPSA) is 48.3 Å². The van der Waals surface area contributed by atoms with Crippen LogP contribution < -0.4 is 5.32 Å². The molecule has 0 aromatic rings. The minimum absolute atomic E-state index is 0.288. The highest BCUT2D eigenvalue weighted by Gasteiger charge is 2.41. The number of hydrogen-bond donors (Lipinski definition) is 1. The van der Waals surface area contributed by atoms with Crippen molar-refractivity contribution >= 4 is 0 Å². The van der Waals surface area contributed by atoms with Crippen LogP contribution in [0.15, 0.2) is 0 Å². The number of nitrogens with one attached hydrogen (secondary N) is 1. The van der Waals surface area contributed by atoms with Gasteiger partial charge >= 0.3 is 0 Å². The van der Waals surface area contributed by atoms with Crippen molar-refractivity contribution in [2.24, 2.45) is 0 Å². The molecule has 1 saturated carbocycles. The first-order valence-corrected chi connectivity index (χ1v) is 6.60. The normalized spacial score (nSPS) is 35.1. The van der Waals surface area contributed by atoms with Crippen LogP contribution in [-0.4, -0.2) is 49.8 Å². The maximum Gasteiger partial charge on any atom is 0.108 e. The third kappa shape index (κ3) is 2.62. The fraction of sp³-hybridized carbons (Fsp3) is 0.923. The van der Waals surface area contributed by atoms with Crippen molar-refractivity contribution in [3.05, 3.63) is 0 Å². The summed E-state index contributed by atoms with van der Waals surface area (Å²) in [5, 5.41) is 12.5. The Labute approximate surface area is 104 Å². The molecule has 1 saturated heterocycles. The summed E-state index contributed by atoms with van der Waals surface area (Å²) in [5.41, 5.74) is -0.288. The fourth-order valence-corrected chi connectivity index (χ4v) is 3.14. The smallest absolute Gasteiger partial charge is 0.108 e. The van der Waals surface area contributed by atoms with Crippen LogP contribution in [0.4, 0.5) is 0 Å². The van der Waals surface area contributed by atoms with Gasteiger partial charge in [0.25, 0.3) is 0 Å². The van der Waals surface area contributed by atoms with E-state index in [1.165, 1.54) is 0 Å². The van der Waals surface area contributed by atoms with Crippen molar-refractivity contribution in [1.29, 1.82) is 5.26 Å². The van der Waals surface area contributed by atoms with Crippen LogP contribution in [0, 0.1) is 11.3 Å². The van der Waals surface area contributed by atoms with E-state index in [4.69, 9.17) is 4.74 Å². The summed E-state index contributed by atoms with van der Waals surface area (Å²) < 4.78 is 5.40. The SMILES string of the molecule is CNC1(C#N)CCC(N(C)C2CCOCC2)C1. The molecule has 0 bridgehead atoms. The molecule has 1 heterocycles. The lowest BCUT2D eigenvalue weighted by Crippen LogP contribution is -2.45. The van der Waals surface area contributed by atoms with Gasteiger partial charge in [-0.05, 0) is 46.2 Å². The summed E-state index contributed by atoms with van der Waals surface area (Å²) in [5.74, 6) is 0. The van der Waals surface area contributed by atoms with Gasteiger partial charge in [-0.1, -0.05) is 0 Å². The Morgan fingerprint density at radius 3 is 2.53 bits per heavy atom. The summed E-state index contributed by atoms with van der Waals surface area (Å²) in [6.45, 7) is 1.77. The lowest BCUT2D eigenvalue weighted by atomic mass is 9.99. The molecule has 0 radical (unpaired) electrons. The van der Waals surface area contributed by atoms with E-state index in [1.54, 1.807) is 0 Å². The van der Waals surface area contributed by atoms with Crippen LogP contribution in [-0.2, 0) is 4.74 Å². The summed E-state index contributed by atoms with van der Waals surface area (Å²) in [6.07, 6.45) is 5.31. The van der Waals surface area contributed by atoms with E-state index in [2.05, 4.69) is 23.3 Å². The molecule has 4 heteroatoms. The number of ether oxygens (including phenoxy) is 1. The van der Waals surface area contributed by atoms with E-state index in [9.17, 15) is 5.26 Å². The fourth-order valence-electron chi connectivity index (χ4n) is 3.14. The third-order valence-corrected chi connectivity index (χ3v) is 4.52. The van der Waals surface area contributed by atoms with E-state index in [0.717, 1.165) is 45.3 Å². The Balaban J connectivity index is 1.93. The van der Waals surface area contributed by atoms with Crippen molar-refractivity contribution < 1.29 is 4.74 Å². The average Bonchev–Trinajstić information content (AvgIpc) is 2.84. The molecule has 1 aliphatic carbocycles. The molecule has 0 spiro atoms. The van der Waals surface area contributed by atoms with Crippen molar-refractivity contribution in [2.45, 2.75) is 49.7 Å². The molecule has 2 unspecified atom stereocenters. The molecule has 2 aliphatic rings. The van der Waals surface area contributed by atoms with Crippen molar-refractivity contribution in [3.8, 4) is 6.07 Å². The monoisotopic (exact) mass is 237 g/mol. The van der Waals surface area contributed by atoms with Crippen LogP contribution in [0.5, 0.6) is 0 Å². The molecular weight excluding hydrogens is 214 g/mol. The summed E-state index contributed by atoms with van der Waals surface area (Å²) in [7, 11) is 4.11. The van der Waals surface area contributed by atoms with E-state index < -0.39 is 0 Å². The molecule has 2 fully saturated rings. The first-order chi connectivity index (χ1) is 8.21. The van der Waals surface area contributed by atoms with Crippen LogP contribution in [0.2, 0.25) is 0 Å². The van der Waals surface area contributed by atoms with Crippen LogP contribution in [0.1, 0.15) is 32.1 Å². The molecule has 0 amide bonds. The molecule has 96 valence electrons. The molecule has 0 aromatic carbocycles.